The molecule has 0 saturated carbocycles. The van der Waals surface area contributed by atoms with Gasteiger partial charge in [-0.3, -0.25) is 9.69 Å². The van der Waals surface area contributed by atoms with Gasteiger partial charge in [0.25, 0.3) is 5.91 Å². The number of rotatable bonds is 6. The summed E-state index contributed by atoms with van der Waals surface area (Å²) in [6.07, 6.45) is 0.892. The van der Waals surface area contributed by atoms with Crippen LogP contribution in [0.2, 0.25) is 0 Å². The molecule has 0 saturated heterocycles. The summed E-state index contributed by atoms with van der Waals surface area (Å²) < 4.78 is 1.16. The van der Waals surface area contributed by atoms with E-state index in [0.717, 1.165) is 44.6 Å². The Bertz CT molecular complexity index is 935. The van der Waals surface area contributed by atoms with E-state index in [1.165, 1.54) is 16.9 Å². The highest BCUT2D eigenvalue weighted by atomic mass is 32.1. The molecule has 0 bridgehead atoms. The fourth-order valence-electron chi connectivity index (χ4n) is 3.04. The van der Waals surface area contributed by atoms with E-state index in [4.69, 9.17) is 4.98 Å². The first-order valence-electron chi connectivity index (χ1n) is 9.05. The molecule has 3 aromatic rings. The molecule has 0 aliphatic heterocycles. The van der Waals surface area contributed by atoms with E-state index in [9.17, 15) is 4.79 Å². The number of nitrogens with zero attached hydrogens (tertiary/aromatic N) is 4. The Labute approximate surface area is 168 Å². The average molecular weight is 403 g/mol. The van der Waals surface area contributed by atoms with E-state index < -0.39 is 0 Å². The van der Waals surface area contributed by atoms with Crippen molar-refractivity contribution >= 4 is 43.9 Å². The smallest absolute Gasteiger partial charge is 0.272 e. The monoisotopic (exact) mass is 402 g/mol. The van der Waals surface area contributed by atoms with E-state index in [1.54, 1.807) is 11.3 Å². The second-order valence-electron chi connectivity index (χ2n) is 7.13. The van der Waals surface area contributed by atoms with Crippen LogP contribution < -0.4 is 4.90 Å². The van der Waals surface area contributed by atoms with Crippen molar-refractivity contribution in [3.8, 4) is 0 Å². The molecule has 3 rings (SSSR count). The SMILES string of the molecule is Cc1nc(C)c(C(=O)N(CCCN(C)C)c2nc3c(C)ccc(C)c3s2)s1. The van der Waals surface area contributed by atoms with Crippen molar-refractivity contribution in [2.75, 3.05) is 32.1 Å². The molecule has 7 heteroatoms. The van der Waals surface area contributed by atoms with E-state index in [1.807, 2.05) is 32.8 Å². The summed E-state index contributed by atoms with van der Waals surface area (Å²) in [5, 5.41) is 1.69. The third kappa shape index (κ3) is 4.20. The Morgan fingerprint density at radius 2 is 1.70 bits per heavy atom. The van der Waals surface area contributed by atoms with Crippen LogP contribution in [0.4, 0.5) is 5.13 Å². The highest BCUT2D eigenvalue weighted by Gasteiger charge is 2.25. The van der Waals surface area contributed by atoms with Gasteiger partial charge in [0.15, 0.2) is 5.13 Å². The third-order valence-corrected chi connectivity index (χ3v) is 6.77. The van der Waals surface area contributed by atoms with Crippen molar-refractivity contribution < 1.29 is 4.79 Å². The maximum absolute atomic E-state index is 13.4. The van der Waals surface area contributed by atoms with Crippen LogP contribution in [0.5, 0.6) is 0 Å². The standard InChI is InChI=1S/C20H26N4OS2/c1-12-8-9-13(2)17-16(12)22-20(27-17)24(11-7-10-23(5)6)19(25)18-14(3)21-15(4)26-18/h8-9H,7,10-11H2,1-6H3. The maximum atomic E-state index is 13.4. The molecule has 5 nitrogen and oxygen atoms in total. The second-order valence-corrected chi connectivity index (χ2v) is 9.32. The highest BCUT2D eigenvalue weighted by Crippen LogP contribution is 2.34. The van der Waals surface area contributed by atoms with Crippen LogP contribution in [0.25, 0.3) is 10.2 Å². The van der Waals surface area contributed by atoms with Crippen molar-refractivity contribution in [2.24, 2.45) is 0 Å². The molecule has 27 heavy (non-hydrogen) atoms. The molecule has 0 N–H and O–H groups in total. The molecule has 2 heterocycles. The predicted octanol–water partition coefficient (Wildman–Crippen LogP) is 4.58. The fraction of sp³-hybridized carbons (Fsp3) is 0.450. The number of aryl methyl sites for hydroxylation is 4. The molecule has 144 valence electrons. The zero-order chi connectivity index (χ0) is 19.7. The minimum atomic E-state index is 0.00576. The molecule has 0 atom stereocenters. The summed E-state index contributed by atoms with van der Waals surface area (Å²) in [7, 11) is 4.10. The number of carbonyl (C=O) groups excluding carboxylic acids is 1. The topological polar surface area (TPSA) is 49.3 Å². The van der Waals surface area contributed by atoms with Gasteiger partial charge in [0.2, 0.25) is 0 Å². The van der Waals surface area contributed by atoms with Crippen molar-refractivity contribution in [1.29, 1.82) is 0 Å². The van der Waals surface area contributed by atoms with Gasteiger partial charge in [0.1, 0.15) is 4.88 Å². The number of carbonyl (C=O) groups is 1. The van der Waals surface area contributed by atoms with Gasteiger partial charge < -0.3 is 4.90 Å². The van der Waals surface area contributed by atoms with Gasteiger partial charge in [-0.25, -0.2) is 9.97 Å². The second kappa shape index (κ2) is 8.04. The van der Waals surface area contributed by atoms with Gasteiger partial charge in [-0.2, -0.15) is 0 Å². The summed E-state index contributed by atoms with van der Waals surface area (Å²) in [6, 6.07) is 4.21. The van der Waals surface area contributed by atoms with Crippen molar-refractivity contribution in [2.45, 2.75) is 34.1 Å². The molecule has 0 fully saturated rings. The van der Waals surface area contributed by atoms with Crippen molar-refractivity contribution in [3.63, 3.8) is 0 Å². The van der Waals surface area contributed by atoms with Crippen LogP contribution in [0.15, 0.2) is 12.1 Å². The van der Waals surface area contributed by atoms with E-state index in [0.29, 0.717) is 11.4 Å². The van der Waals surface area contributed by atoms with Crippen LogP contribution in [0, 0.1) is 27.7 Å². The van der Waals surface area contributed by atoms with E-state index in [-0.39, 0.29) is 5.91 Å². The van der Waals surface area contributed by atoms with Gasteiger partial charge in [-0.05, 0) is 65.9 Å². The lowest BCUT2D eigenvalue weighted by molar-refractivity contribution is 0.0989. The molecule has 0 radical (unpaired) electrons. The number of hydrogen-bond donors (Lipinski definition) is 0. The Balaban J connectivity index is 2.01. The van der Waals surface area contributed by atoms with Gasteiger partial charge in [0, 0.05) is 6.54 Å². The molecule has 0 unspecified atom stereocenters. The van der Waals surface area contributed by atoms with Gasteiger partial charge in [0.05, 0.1) is 20.9 Å². The Morgan fingerprint density at radius 1 is 1.00 bits per heavy atom. The zero-order valence-corrected chi connectivity index (χ0v) is 18.4. The van der Waals surface area contributed by atoms with Gasteiger partial charge in [-0.15, -0.1) is 11.3 Å². The summed E-state index contributed by atoms with van der Waals surface area (Å²) in [5.74, 6) is 0.00576. The van der Waals surface area contributed by atoms with Crippen LogP contribution in [-0.2, 0) is 0 Å². The number of anilines is 1. The largest absolute Gasteiger partial charge is 0.309 e. The molecule has 0 spiro atoms. The van der Waals surface area contributed by atoms with E-state index >= 15 is 0 Å². The van der Waals surface area contributed by atoms with Crippen LogP contribution >= 0.6 is 22.7 Å². The third-order valence-electron chi connectivity index (χ3n) is 4.49. The van der Waals surface area contributed by atoms with Gasteiger partial charge >= 0.3 is 0 Å². The van der Waals surface area contributed by atoms with Crippen LogP contribution in [0.3, 0.4) is 0 Å². The summed E-state index contributed by atoms with van der Waals surface area (Å²) in [5.41, 5.74) is 4.14. The first-order valence-corrected chi connectivity index (χ1v) is 10.7. The first kappa shape index (κ1) is 19.9. The fourth-order valence-corrected chi connectivity index (χ4v) is 5.05. The maximum Gasteiger partial charge on any atom is 0.272 e. The highest BCUT2D eigenvalue weighted by molar-refractivity contribution is 7.22. The van der Waals surface area contributed by atoms with Crippen molar-refractivity contribution in [1.82, 2.24) is 14.9 Å². The Kier molecular flexibility index (Phi) is 5.93. The lowest BCUT2D eigenvalue weighted by Crippen LogP contribution is -2.33. The summed E-state index contributed by atoms with van der Waals surface area (Å²) >= 11 is 3.07. The number of hydrogen-bond acceptors (Lipinski definition) is 6. The van der Waals surface area contributed by atoms with Gasteiger partial charge in [-0.1, -0.05) is 23.5 Å². The number of aromatic nitrogens is 2. The minimum absolute atomic E-state index is 0.00576. The number of thiazole rings is 2. The predicted molar refractivity (Wildman–Crippen MR) is 116 cm³/mol. The minimum Gasteiger partial charge on any atom is -0.309 e. The quantitative estimate of drug-likeness (QED) is 0.605. The lowest BCUT2D eigenvalue weighted by atomic mass is 10.1. The summed E-state index contributed by atoms with van der Waals surface area (Å²) in [6.45, 7) is 9.58. The Hall–Kier alpha value is -1.83. The number of amides is 1. The molecule has 0 aliphatic carbocycles. The summed E-state index contributed by atoms with van der Waals surface area (Å²) in [4.78, 5) is 27.3. The van der Waals surface area contributed by atoms with Crippen LogP contribution in [0.1, 0.15) is 37.9 Å². The molecular weight excluding hydrogens is 376 g/mol. The average Bonchev–Trinajstić information content (AvgIpc) is 3.18. The normalized spacial score (nSPS) is 11.5. The van der Waals surface area contributed by atoms with Crippen molar-refractivity contribution in [3.05, 3.63) is 38.8 Å². The number of benzene rings is 1. The van der Waals surface area contributed by atoms with E-state index in [2.05, 4.69) is 35.9 Å². The Morgan fingerprint density at radius 3 is 2.30 bits per heavy atom. The first-order chi connectivity index (χ1) is 12.8. The molecule has 1 amide bonds. The van der Waals surface area contributed by atoms with Crippen LogP contribution in [-0.4, -0.2) is 48.0 Å². The number of fused-ring (bicyclic) bond motifs is 1. The molecule has 0 aliphatic rings. The molecule has 2 aromatic heterocycles. The lowest BCUT2D eigenvalue weighted by Gasteiger charge is -2.20. The zero-order valence-electron chi connectivity index (χ0n) is 16.8. The molecule has 1 aromatic carbocycles. The molecular formula is C20H26N4OS2.